The minimum Gasteiger partial charge on any atom is -0.493 e. The second-order valence-electron chi connectivity index (χ2n) is 6.93. The van der Waals surface area contributed by atoms with Gasteiger partial charge in [-0.2, -0.15) is 0 Å². The van der Waals surface area contributed by atoms with E-state index in [1.807, 2.05) is 42.5 Å². The van der Waals surface area contributed by atoms with E-state index in [2.05, 4.69) is 0 Å². The lowest BCUT2D eigenvalue weighted by atomic mass is 9.64. The molecule has 3 aliphatic heterocycles. The number of carbonyl (C=O) groups is 1. The van der Waals surface area contributed by atoms with Gasteiger partial charge in [0.1, 0.15) is 0 Å². The number of methoxy groups -OCH3 is 2. The van der Waals surface area contributed by atoms with Crippen LogP contribution in [0.2, 0.25) is 0 Å². The van der Waals surface area contributed by atoms with Gasteiger partial charge in [-0.1, -0.05) is 30.3 Å². The van der Waals surface area contributed by atoms with Crippen LogP contribution in [0.3, 0.4) is 0 Å². The maximum absolute atomic E-state index is 12.6. The number of rotatable bonds is 3. The molecule has 2 saturated heterocycles. The Kier molecular flexibility index (Phi) is 3.01. The molecule has 0 spiro atoms. The summed E-state index contributed by atoms with van der Waals surface area (Å²) in [7, 11) is 3.13. The lowest BCUT2D eigenvalue weighted by Crippen LogP contribution is -2.54. The maximum Gasteiger partial charge on any atom is 0.341 e. The zero-order valence-corrected chi connectivity index (χ0v) is 14.4. The normalized spacial score (nSPS) is 33.6. The monoisotopic (exact) mass is 354 g/mol. The van der Waals surface area contributed by atoms with E-state index in [0.717, 1.165) is 11.1 Å². The smallest absolute Gasteiger partial charge is 0.341 e. The van der Waals surface area contributed by atoms with Crippen LogP contribution in [0.4, 0.5) is 0 Å². The van der Waals surface area contributed by atoms with Crippen molar-refractivity contribution in [2.75, 3.05) is 14.2 Å². The topological polar surface area (TPSA) is 74.2 Å². The van der Waals surface area contributed by atoms with Crippen LogP contribution in [0.25, 0.3) is 0 Å². The number of hydrogen-bond donors (Lipinski definition) is 1. The summed E-state index contributed by atoms with van der Waals surface area (Å²) in [4.78, 5) is 12.6. The van der Waals surface area contributed by atoms with Crippen LogP contribution < -0.4 is 9.47 Å². The summed E-state index contributed by atoms with van der Waals surface area (Å²) >= 11 is 0. The fourth-order valence-corrected chi connectivity index (χ4v) is 4.58. The van der Waals surface area contributed by atoms with Crippen molar-refractivity contribution in [2.24, 2.45) is 0 Å². The molecule has 2 fully saturated rings. The molecule has 1 aliphatic carbocycles. The first kappa shape index (κ1) is 15.7. The van der Waals surface area contributed by atoms with Crippen LogP contribution in [0, 0.1) is 0 Å². The maximum atomic E-state index is 12.6. The first-order chi connectivity index (χ1) is 12.5. The van der Waals surface area contributed by atoms with Crippen molar-refractivity contribution >= 4 is 5.97 Å². The number of carbonyl (C=O) groups excluding carboxylic acids is 1. The number of ether oxygens (including phenoxy) is 4. The van der Waals surface area contributed by atoms with Crippen LogP contribution >= 0.6 is 0 Å². The van der Waals surface area contributed by atoms with Gasteiger partial charge in [-0.15, -0.1) is 0 Å². The van der Waals surface area contributed by atoms with Gasteiger partial charge in [0, 0.05) is 12.0 Å². The summed E-state index contributed by atoms with van der Waals surface area (Å²) in [6.07, 6.45) is -0.320. The lowest BCUT2D eigenvalue weighted by molar-refractivity contribution is -0.277. The molecule has 2 aromatic rings. The SMILES string of the molecule is COc1cc2c(cc1OC)[C@H]1[C@@]3(c4ccccc4)OC(=O)[C@@]1(O)C[C@H]2O3. The first-order valence-corrected chi connectivity index (χ1v) is 8.48. The van der Waals surface area contributed by atoms with E-state index in [1.165, 1.54) is 0 Å². The molecule has 2 aromatic carbocycles. The second-order valence-corrected chi connectivity index (χ2v) is 6.93. The van der Waals surface area contributed by atoms with Gasteiger partial charge < -0.3 is 24.1 Å². The standard InChI is InChI=1S/C20H18O6/c1-23-14-8-12-13(9-15(14)24-2)17-19(22)10-16(12)25-20(17,26-18(19)21)11-6-4-3-5-7-11/h3-9,16-17,22H,10H2,1-2H3/t16-,17-,19-,20-/m1/s1. The van der Waals surface area contributed by atoms with E-state index in [9.17, 15) is 9.90 Å². The molecule has 4 bridgehead atoms. The highest BCUT2D eigenvalue weighted by Gasteiger charge is 2.74. The summed E-state index contributed by atoms with van der Waals surface area (Å²) in [6.45, 7) is 0. The molecule has 6 rings (SSSR count). The Morgan fingerprint density at radius 3 is 2.38 bits per heavy atom. The number of hydrogen-bond acceptors (Lipinski definition) is 6. The Hall–Kier alpha value is -2.57. The molecule has 0 saturated carbocycles. The molecule has 0 amide bonds. The van der Waals surface area contributed by atoms with Crippen molar-refractivity contribution in [3.8, 4) is 11.5 Å². The summed E-state index contributed by atoms with van der Waals surface area (Å²) < 4.78 is 22.8. The van der Waals surface area contributed by atoms with Crippen LogP contribution in [0.15, 0.2) is 42.5 Å². The van der Waals surface area contributed by atoms with Gasteiger partial charge in [0.25, 0.3) is 5.79 Å². The quantitative estimate of drug-likeness (QED) is 0.854. The molecule has 0 aromatic heterocycles. The highest BCUT2D eigenvalue weighted by molar-refractivity contribution is 5.86. The predicted octanol–water partition coefficient (Wildman–Crippen LogP) is 2.40. The van der Waals surface area contributed by atoms with Crippen LogP contribution in [0.1, 0.15) is 35.1 Å². The van der Waals surface area contributed by atoms with Gasteiger partial charge in [-0.3, -0.25) is 0 Å². The van der Waals surface area contributed by atoms with E-state index >= 15 is 0 Å². The fourth-order valence-electron chi connectivity index (χ4n) is 4.58. The summed E-state index contributed by atoms with van der Waals surface area (Å²) in [5, 5.41) is 11.2. The van der Waals surface area contributed by atoms with Crippen molar-refractivity contribution in [3.63, 3.8) is 0 Å². The average Bonchev–Trinajstić information content (AvgIpc) is 2.83. The zero-order chi connectivity index (χ0) is 18.1. The average molecular weight is 354 g/mol. The van der Waals surface area contributed by atoms with E-state index in [1.54, 1.807) is 14.2 Å². The van der Waals surface area contributed by atoms with Crippen molar-refractivity contribution in [1.29, 1.82) is 0 Å². The third kappa shape index (κ3) is 1.70. The van der Waals surface area contributed by atoms with Crippen molar-refractivity contribution in [2.45, 2.75) is 29.8 Å². The van der Waals surface area contributed by atoms with Gasteiger partial charge in [0.15, 0.2) is 17.1 Å². The molecule has 4 aliphatic rings. The minimum absolute atomic E-state index is 0.160. The van der Waals surface area contributed by atoms with Crippen molar-refractivity contribution in [3.05, 3.63) is 59.2 Å². The lowest BCUT2D eigenvalue weighted by Gasteiger charge is -2.50. The minimum atomic E-state index is -1.62. The van der Waals surface area contributed by atoms with E-state index in [4.69, 9.17) is 18.9 Å². The summed E-state index contributed by atoms with van der Waals surface area (Å²) in [5.74, 6) is -1.53. The number of benzene rings is 2. The van der Waals surface area contributed by atoms with Crippen molar-refractivity contribution < 1.29 is 28.8 Å². The molecular weight excluding hydrogens is 336 g/mol. The van der Waals surface area contributed by atoms with Crippen LogP contribution in [-0.4, -0.2) is 30.9 Å². The largest absolute Gasteiger partial charge is 0.493 e. The number of aliphatic hydroxyl groups is 1. The molecule has 26 heavy (non-hydrogen) atoms. The summed E-state index contributed by atoms with van der Waals surface area (Å²) in [6, 6.07) is 13.0. The van der Waals surface area contributed by atoms with Crippen LogP contribution in [-0.2, 0) is 20.1 Å². The third-order valence-electron chi connectivity index (χ3n) is 5.69. The van der Waals surface area contributed by atoms with Gasteiger partial charge in [0.05, 0.1) is 26.2 Å². The summed E-state index contributed by atoms with van der Waals surface area (Å²) in [5.41, 5.74) is 0.773. The van der Waals surface area contributed by atoms with Gasteiger partial charge >= 0.3 is 5.97 Å². The molecule has 6 heteroatoms. The molecule has 0 radical (unpaired) electrons. The van der Waals surface area contributed by atoms with Crippen LogP contribution in [0.5, 0.6) is 11.5 Å². The second kappa shape index (κ2) is 4.99. The molecule has 6 nitrogen and oxygen atoms in total. The Balaban J connectivity index is 1.78. The number of esters is 1. The highest BCUT2D eigenvalue weighted by Crippen LogP contribution is 2.67. The third-order valence-corrected chi connectivity index (χ3v) is 5.69. The molecule has 0 unspecified atom stereocenters. The first-order valence-electron chi connectivity index (χ1n) is 8.48. The molecule has 134 valence electrons. The molecule has 4 atom stereocenters. The molecule has 3 heterocycles. The van der Waals surface area contributed by atoms with Gasteiger partial charge in [-0.05, 0) is 23.3 Å². The molecular formula is C20H18O6. The van der Waals surface area contributed by atoms with Gasteiger partial charge in [0.2, 0.25) is 0 Å². The van der Waals surface area contributed by atoms with E-state index < -0.39 is 29.4 Å². The Labute approximate surface area is 150 Å². The van der Waals surface area contributed by atoms with E-state index in [-0.39, 0.29) is 6.42 Å². The molecule has 1 N–H and O–H groups in total. The van der Waals surface area contributed by atoms with E-state index in [0.29, 0.717) is 17.1 Å². The van der Waals surface area contributed by atoms with Gasteiger partial charge in [-0.25, -0.2) is 4.79 Å². The Morgan fingerprint density at radius 2 is 1.73 bits per heavy atom. The zero-order valence-electron chi connectivity index (χ0n) is 14.4. The predicted molar refractivity (Wildman–Crippen MR) is 89.9 cm³/mol. The fraction of sp³-hybridized carbons (Fsp3) is 0.350. The highest BCUT2D eigenvalue weighted by atomic mass is 16.7. The van der Waals surface area contributed by atoms with Crippen molar-refractivity contribution in [1.82, 2.24) is 0 Å². The Morgan fingerprint density at radius 1 is 1.08 bits per heavy atom. The Bertz CT molecular complexity index is 910.